The second kappa shape index (κ2) is 7.45. The predicted octanol–water partition coefficient (Wildman–Crippen LogP) is 4.35. The lowest BCUT2D eigenvalue weighted by atomic mass is 9.85. The lowest BCUT2D eigenvalue weighted by molar-refractivity contribution is -0.225. The summed E-state index contributed by atoms with van der Waals surface area (Å²) in [6.45, 7) is 4.98. The quantitative estimate of drug-likeness (QED) is 0.820. The van der Waals surface area contributed by atoms with Crippen LogP contribution in [0, 0.1) is 6.92 Å². The Labute approximate surface area is 142 Å². The third-order valence-electron chi connectivity index (χ3n) is 5.12. The van der Waals surface area contributed by atoms with Crippen LogP contribution in [0.5, 0.6) is 0 Å². The first kappa shape index (κ1) is 17.1. The highest BCUT2D eigenvalue weighted by molar-refractivity contribution is 7.85. The summed E-state index contributed by atoms with van der Waals surface area (Å²) >= 11 is 0. The Morgan fingerprint density at radius 3 is 2.57 bits per heavy atom. The fraction of sp³-hybridized carbons (Fsp3) is 0.684. The van der Waals surface area contributed by atoms with E-state index in [2.05, 4.69) is 13.8 Å². The third-order valence-corrected chi connectivity index (χ3v) is 7.11. The van der Waals surface area contributed by atoms with E-state index in [1.807, 2.05) is 24.3 Å². The molecule has 1 aliphatic heterocycles. The van der Waals surface area contributed by atoms with E-state index >= 15 is 0 Å². The van der Waals surface area contributed by atoms with Gasteiger partial charge in [0.05, 0.1) is 21.7 Å². The van der Waals surface area contributed by atoms with E-state index in [1.165, 1.54) is 5.56 Å². The van der Waals surface area contributed by atoms with Gasteiger partial charge in [-0.2, -0.15) is 0 Å². The third kappa shape index (κ3) is 4.04. The number of benzene rings is 1. The maximum Gasteiger partial charge on any atom is 0.158 e. The average Bonchev–Trinajstić information content (AvgIpc) is 2.56. The van der Waals surface area contributed by atoms with E-state index < -0.39 is 10.8 Å². The molecule has 2 unspecified atom stereocenters. The van der Waals surface area contributed by atoms with Gasteiger partial charge in [0.2, 0.25) is 0 Å². The zero-order chi connectivity index (χ0) is 16.3. The van der Waals surface area contributed by atoms with Gasteiger partial charge in [-0.1, -0.05) is 30.5 Å². The van der Waals surface area contributed by atoms with Gasteiger partial charge in [0.1, 0.15) is 0 Å². The lowest BCUT2D eigenvalue weighted by Crippen LogP contribution is -2.49. The van der Waals surface area contributed by atoms with Crippen LogP contribution in [0.2, 0.25) is 0 Å². The molecule has 0 spiro atoms. The number of hydrogen-bond acceptors (Lipinski definition) is 3. The summed E-state index contributed by atoms with van der Waals surface area (Å²) in [6.07, 6.45) is 7.32. The van der Waals surface area contributed by atoms with Crippen LogP contribution in [0.1, 0.15) is 57.4 Å². The van der Waals surface area contributed by atoms with E-state index in [0.29, 0.717) is 0 Å². The standard InChI is InChI=1S/C19H28O3S/c1-15-9-11-16(12-10-15)23(20)17-7-3-5-13-19(17,2)22-18-8-4-6-14-21-18/h9-12,17-18H,3-8,13-14H2,1-2H3/t17-,18?,19+,23?/m0/s1. The highest BCUT2D eigenvalue weighted by Crippen LogP contribution is 2.38. The van der Waals surface area contributed by atoms with Gasteiger partial charge < -0.3 is 9.47 Å². The normalized spacial score (nSPS) is 33.3. The lowest BCUT2D eigenvalue weighted by Gasteiger charge is -2.43. The molecule has 1 aliphatic carbocycles. The number of aryl methyl sites for hydroxylation is 1. The van der Waals surface area contributed by atoms with Crippen LogP contribution in [-0.2, 0) is 20.3 Å². The van der Waals surface area contributed by atoms with Crippen LogP contribution in [0.4, 0.5) is 0 Å². The maximum absolute atomic E-state index is 13.2. The SMILES string of the molecule is Cc1ccc(S(=O)[C@H]2CCCC[C@@]2(C)OC2CCCCO2)cc1. The van der Waals surface area contributed by atoms with Crippen LogP contribution in [0.3, 0.4) is 0 Å². The molecular formula is C19H28O3S. The molecule has 0 amide bonds. The zero-order valence-corrected chi connectivity index (χ0v) is 15.1. The molecule has 1 aromatic carbocycles. The molecule has 0 radical (unpaired) electrons. The van der Waals surface area contributed by atoms with Crippen LogP contribution in [-0.4, -0.2) is 28.0 Å². The first-order chi connectivity index (χ1) is 11.1. The minimum absolute atomic E-state index is 0.0458. The minimum Gasteiger partial charge on any atom is -0.353 e. The fourth-order valence-corrected chi connectivity index (χ4v) is 5.42. The molecule has 128 valence electrons. The average molecular weight is 336 g/mol. The molecular weight excluding hydrogens is 308 g/mol. The van der Waals surface area contributed by atoms with E-state index in [9.17, 15) is 4.21 Å². The molecule has 2 fully saturated rings. The van der Waals surface area contributed by atoms with Crippen molar-refractivity contribution in [2.75, 3.05) is 6.61 Å². The van der Waals surface area contributed by atoms with Crippen molar-refractivity contribution in [1.82, 2.24) is 0 Å². The molecule has 3 nitrogen and oxygen atoms in total. The second-order valence-corrected chi connectivity index (χ2v) is 8.71. The summed E-state index contributed by atoms with van der Waals surface area (Å²) in [4.78, 5) is 0.918. The summed E-state index contributed by atoms with van der Waals surface area (Å²) in [6, 6.07) is 8.08. The Morgan fingerprint density at radius 2 is 1.87 bits per heavy atom. The van der Waals surface area contributed by atoms with Gasteiger partial charge in [-0.15, -0.1) is 0 Å². The summed E-state index contributed by atoms with van der Waals surface area (Å²) in [7, 11) is -1.03. The van der Waals surface area contributed by atoms with Crippen molar-refractivity contribution in [2.45, 2.75) is 80.8 Å². The van der Waals surface area contributed by atoms with Crippen molar-refractivity contribution in [3.05, 3.63) is 29.8 Å². The molecule has 23 heavy (non-hydrogen) atoms. The van der Waals surface area contributed by atoms with Gasteiger partial charge in [0.15, 0.2) is 6.29 Å². The zero-order valence-electron chi connectivity index (χ0n) is 14.3. The van der Waals surface area contributed by atoms with Gasteiger partial charge in [-0.05, 0) is 58.1 Å². The Morgan fingerprint density at radius 1 is 1.13 bits per heavy atom. The molecule has 4 heteroatoms. The van der Waals surface area contributed by atoms with Crippen LogP contribution < -0.4 is 0 Å². The number of rotatable bonds is 4. The topological polar surface area (TPSA) is 35.5 Å². The molecule has 1 saturated heterocycles. The summed E-state index contributed by atoms with van der Waals surface area (Å²) in [5.41, 5.74) is 0.847. The van der Waals surface area contributed by atoms with E-state index in [4.69, 9.17) is 9.47 Å². The van der Waals surface area contributed by atoms with E-state index in [0.717, 1.165) is 56.4 Å². The van der Waals surface area contributed by atoms with E-state index in [-0.39, 0.29) is 17.1 Å². The van der Waals surface area contributed by atoms with Crippen molar-refractivity contribution in [3.63, 3.8) is 0 Å². The first-order valence-electron chi connectivity index (χ1n) is 8.85. The number of ether oxygens (including phenoxy) is 2. The molecule has 1 saturated carbocycles. The van der Waals surface area contributed by atoms with Gasteiger partial charge in [0.25, 0.3) is 0 Å². The van der Waals surface area contributed by atoms with Crippen LogP contribution in [0.15, 0.2) is 29.2 Å². The maximum atomic E-state index is 13.2. The summed E-state index contributed by atoms with van der Waals surface area (Å²) < 4.78 is 25.3. The van der Waals surface area contributed by atoms with Gasteiger partial charge in [-0.25, -0.2) is 0 Å². The van der Waals surface area contributed by atoms with Crippen molar-refractivity contribution in [1.29, 1.82) is 0 Å². The molecule has 1 aromatic rings. The van der Waals surface area contributed by atoms with Gasteiger partial charge in [-0.3, -0.25) is 4.21 Å². The molecule has 2 aliphatic rings. The monoisotopic (exact) mass is 336 g/mol. The fourth-order valence-electron chi connectivity index (χ4n) is 3.68. The minimum atomic E-state index is -1.03. The van der Waals surface area contributed by atoms with Gasteiger partial charge >= 0.3 is 0 Å². The Kier molecular flexibility index (Phi) is 5.55. The second-order valence-electron chi connectivity index (χ2n) is 7.07. The Bertz CT molecular complexity index is 536. The summed E-state index contributed by atoms with van der Waals surface area (Å²) in [5.74, 6) is 0. The van der Waals surface area contributed by atoms with E-state index in [1.54, 1.807) is 0 Å². The van der Waals surface area contributed by atoms with Crippen molar-refractivity contribution >= 4 is 10.8 Å². The number of hydrogen-bond donors (Lipinski definition) is 0. The Hall–Kier alpha value is -0.710. The molecule has 0 aromatic heterocycles. The highest BCUT2D eigenvalue weighted by atomic mass is 32.2. The molecule has 4 atom stereocenters. The molecule has 1 heterocycles. The first-order valence-corrected chi connectivity index (χ1v) is 10.1. The molecule has 0 bridgehead atoms. The smallest absolute Gasteiger partial charge is 0.158 e. The van der Waals surface area contributed by atoms with Gasteiger partial charge in [0, 0.05) is 11.5 Å². The highest BCUT2D eigenvalue weighted by Gasteiger charge is 2.43. The van der Waals surface area contributed by atoms with Crippen LogP contribution in [0.25, 0.3) is 0 Å². The van der Waals surface area contributed by atoms with Crippen molar-refractivity contribution < 1.29 is 13.7 Å². The molecule has 3 rings (SSSR count). The van der Waals surface area contributed by atoms with Crippen molar-refractivity contribution in [3.8, 4) is 0 Å². The Balaban J connectivity index is 1.76. The predicted molar refractivity (Wildman–Crippen MR) is 92.9 cm³/mol. The molecule has 0 N–H and O–H groups in total. The largest absolute Gasteiger partial charge is 0.353 e. The van der Waals surface area contributed by atoms with Crippen LogP contribution >= 0.6 is 0 Å². The van der Waals surface area contributed by atoms with Crippen molar-refractivity contribution in [2.24, 2.45) is 0 Å². The summed E-state index contributed by atoms with van der Waals surface area (Å²) in [5, 5.41) is 0.0458.